The van der Waals surface area contributed by atoms with Gasteiger partial charge in [-0.15, -0.1) is 0 Å². The highest BCUT2D eigenvalue weighted by Gasteiger charge is 2.26. The van der Waals surface area contributed by atoms with Crippen LogP contribution in [0.5, 0.6) is 0 Å². The van der Waals surface area contributed by atoms with E-state index in [-0.39, 0.29) is 18.0 Å². The van der Waals surface area contributed by atoms with Crippen LogP contribution in [0.1, 0.15) is 62.6 Å². The Kier molecular flexibility index (Phi) is 5.14. The number of hydrogen-bond acceptors (Lipinski definition) is 2. The highest BCUT2D eigenvalue weighted by atomic mass is 16.2. The van der Waals surface area contributed by atoms with E-state index in [9.17, 15) is 4.79 Å². The van der Waals surface area contributed by atoms with Crippen LogP contribution in [0.2, 0.25) is 0 Å². The van der Waals surface area contributed by atoms with Gasteiger partial charge in [0.25, 0.3) is 0 Å². The van der Waals surface area contributed by atoms with Gasteiger partial charge in [-0.3, -0.25) is 9.69 Å². The second-order valence-electron chi connectivity index (χ2n) is 6.78. The van der Waals surface area contributed by atoms with Gasteiger partial charge in [-0.1, -0.05) is 37.1 Å². The van der Waals surface area contributed by atoms with E-state index >= 15 is 0 Å². The lowest BCUT2D eigenvalue weighted by Gasteiger charge is -2.31. The van der Waals surface area contributed by atoms with Crippen molar-refractivity contribution in [2.75, 3.05) is 13.1 Å². The standard InChI is InChI=1S/C19H28N2O/c1-15(21-13-6-2-3-7-14-21)19(22)20-18-12-8-10-16-9-4-5-11-17(16)18/h4-5,9,11,15,18H,2-3,6-8,10,12-14H2,1H3,(H,20,22). The first-order valence-electron chi connectivity index (χ1n) is 8.88. The fraction of sp³-hybridized carbons (Fsp3) is 0.632. The number of amides is 1. The molecular weight excluding hydrogens is 272 g/mol. The predicted molar refractivity (Wildman–Crippen MR) is 89.8 cm³/mol. The molecule has 0 spiro atoms. The average Bonchev–Trinajstić information content (AvgIpc) is 2.83. The van der Waals surface area contributed by atoms with E-state index in [0.29, 0.717) is 0 Å². The molecule has 120 valence electrons. The third kappa shape index (κ3) is 3.52. The van der Waals surface area contributed by atoms with Gasteiger partial charge >= 0.3 is 0 Å². The number of benzene rings is 1. The molecule has 1 heterocycles. The molecular formula is C19H28N2O. The summed E-state index contributed by atoms with van der Waals surface area (Å²) in [7, 11) is 0. The summed E-state index contributed by atoms with van der Waals surface area (Å²) in [5.41, 5.74) is 2.73. The Labute approximate surface area is 134 Å². The van der Waals surface area contributed by atoms with Crippen molar-refractivity contribution in [1.82, 2.24) is 10.2 Å². The quantitative estimate of drug-likeness (QED) is 0.927. The topological polar surface area (TPSA) is 32.3 Å². The summed E-state index contributed by atoms with van der Waals surface area (Å²) in [5.74, 6) is 0.198. The zero-order chi connectivity index (χ0) is 15.4. The Morgan fingerprint density at radius 1 is 1.14 bits per heavy atom. The van der Waals surface area contributed by atoms with Crippen LogP contribution in [0.4, 0.5) is 0 Å². The molecule has 0 bridgehead atoms. The van der Waals surface area contributed by atoms with Crippen molar-refractivity contribution in [1.29, 1.82) is 0 Å². The largest absolute Gasteiger partial charge is 0.348 e. The van der Waals surface area contributed by atoms with Crippen LogP contribution in [0.25, 0.3) is 0 Å². The maximum atomic E-state index is 12.7. The van der Waals surface area contributed by atoms with Crippen LogP contribution in [0.15, 0.2) is 24.3 Å². The lowest BCUT2D eigenvalue weighted by atomic mass is 9.87. The van der Waals surface area contributed by atoms with E-state index in [2.05, 4.69) is 41.4 Å². The molecule has 3 heteroatoms. The van der Waals surface area contributed by atoms with Gasteiger partial charge in [-0.05, 0) is 63.2 Å². The molecule has 1 aromatic carbocycles. The van der Waals surface area contributed by atoms with Crippen LogP contribution in [-0.2, 0) is 11.2 Å². The maximum Gasteiger partial charge on any atom is 0.237 e. The number of fused-ring (bicyclic) bond motifs is 1. The Morgan fingerprint density at radius 3 is 2.64 bits per heavy atom. The monoisotopic (exact) mass is 300 g/mol. The molecule has 2 aliphatic rings. The lowest BCUT2D eigenvalue weighted by molar-refractivity contribution is -0.126. The van der Waals surface area contributed by atoms with E-state index in [1.54, 1.807) is 0 Å². The Balaban J connectivity index is 1.64. The van der Waals surface area contributed by atoms with Crippen LogP contribution in [-0.4, -0.2) is 29.9 Å². The molecule has 3 nitrogen and oxygen atoms in total. The molecule has 1 aromatic rings. The van der Waals surface area contributed by atoms with Crippen molar-refractivity contribution in [3.8, 4) is 0 Å². The fourth-order valence-electron chi connectivity index (χ4n) is 3.84. The third-order valence-electron chi connectivity index (χ3n) is 5.25. The van der Waals surface area contributed by atoms with Gasteiger partial charge in [0.15, 0.2) is 0 Å². The van der Waals surface area contributed by atoms with Crippen molar-refractivity contribution in [3.63, 3.8) is 0 Å². The van der Waals surface area contributed by atoms with Crippen molar-refractivity contribution >= 4 is 5.91 Å². The van der Waals surface area contributed by atoms with Crippen molar-refractivity contribution in [2.24, 2.45) is 0 Å². The summed E-state index contributed by atoms with van der Waals surface area (Å²) in [4.78, 5) is 15.0. The molecule has 0 saturated carbocycles. The van der Waals surface area contributed by atoms with E-state index in [0.717, 1.165) is 25.9 Å². The molecule has 1 aliphatic heterocycles. The number of carbonyl (C=O) groups is 1. The molecule has 1 amide bonds. The van der Waals surface area contributed by atoms with E-state index < -0.39 is 0 Å². The zero-order valence-corrected chi connectivity index (χ0v) is 13.7. The number of likely N-dealkylation sites (tertiary alicyclic amines) is 1. The SMILES string of the molecule is CC(C(=O)NC1CCCc2ccccc21)N1CCCCCC1. The minimum atomic E-state index is -0.00723. The summed E-state index contributed by atoms with van der Waals surface area (Å²) >= 11 is 0. The molecule has 1 fully saturated rings. The maximum absolute atomic E-state index is 12.7. The molecule has 2 atom stereocenters. The summed E-state index contributed by atoms with van der Waals surface area (Å²) in [5, 5.41) is 3.31. The average molecular weight is 300 g/mol. The first kappa shape index (κ1) is 15.5. The van der Waals surface area contributed by atoms with Crippen LogP contribution in [0.3, 0.4) is 0 Å². The normalized spacial score (nSPS) is 24.1. The molecule has 1 saturated heterocycles. The van der Waals surface area contributed by atoms with Gasteiger partial charge in [-0.25, -0.2) is 0 Å². The summed E-state index contributed by atoms with van der Waals surface area (Å²) in [6.07, 6.45) is 8.44. The summed E-state index contributed by atoms with van der Waals surface area (Å²) in [6.45, 7) is 4.20. The molecule has 2 unspecified atom stereocenters. The minimum absolute atomic E-state index is 0.00723. The zero-order valence-electron chi connectivity index (χ0n) is 13.7. The van der Waals surface area contributed by atoms with Gasteiger partial charge in [0.05, 0.1) is 12.1 Å². The highest BCUT2D eigenvalue weighted by molar-refractivity contribution is 5.81. The number of hydrogen-bond donors (Lipinski definition) is 1. The number of carbonyl (C=O) groups excluding carboxylic acids is 1. The van der Waals surface area contributed by atoms with Crippen LogP contribution < -0.4 is 5.32 Å². The first-order valence-corrected chi connectivity index (χ1v) is 8.88. The molecule has 1 aliphatic carbocycles. The summed E-state index contributed by atoms with van der Waals surface area (Å²) in [6, 6.07) is 8.76. The fourth-order valence-corrected chi connectivity index (χ4v) is 3.84. The van der Waals surface area contributed by atoms with Gasteiger partial charge in [0.1, 0.15) is 0 Å². The smallest absolute Gasteiger partial charge is 0.237 e. The molecule has 3 rings (SSSR count). The van der Waals surface area contributed by atoms with Gasteiger partial charge < -0.3 is 5.32 Å². The van der Waals surface area contributed by atoms with Gasteiger partial charge in [0.2, 0.25) is 5.91 Å². The third-order valence-corrected chi connectivity index (χ3v) is 5.25. The molecule has 22 heavy (non-hydrogen) atoms. The lowest BCUT2D eigenvalue weighted by Crippen LogP contribution is -2.46. The number of rotatable bonds is 3. The Morgan fingerprint density at radius 2 is 1.86 bits per heavy atom. The van der Waals surface area contributed by atoms with Gasteiger partial charge in [0, 0.05) is 0 Å². The predicted octanol–water partition coefficient (Wildman–Crippen LogP) is 3.44. The minimum Gasteiger partial charge on any atom is -0.348 e. The summed E-state index contributed by atoms with van der Waals surface area (Å²) < 4.78 is 0. The highest BCUT2D eigenvalue weighted by Crippen LogP contribution is 2.29. The number of nitrogens with one attached hydrogen (secondary N) is 1. The van der Waals surface area contributed by atoms with Crippen LogP contribution >= 0.6 is 0 Å². The van der Waals surface area contributed by atoms with E-state index in [4.69, 9.17) is 0 Å². The second-order valence-corrected chi connectivity index (χ2v) is 6.78. The van der Waals surface area contributed by atoms with Gasteiger partial charge in [-0.2, -0.15) is 0 Å². The molecule has 1 N–H and O–H groups in total. The van der Waals surface area contributed by atoms with Crippen molar-refractivity contribution in [2.45, 2.75) is 64.0 Å². The van der Waals surface area contributed by atoms with Crippen molar-refractivity contribution < 1.29 is 4.79 Å². The first-order chi connectivity index (χ1) is 10.8. The number of nitrogens with zero attached hydrogens (tertiary/aromatic N) is 1. The Hall–Kier alpha value is -1.35. The molecule has 0 aromatic heterocycles. The van der Waals surface area contributed by atoms with Crippen LogP contribution in [0, 0.1) is 0 Å². The number of aryl methyl sites for hydroxylation is 1. The van der Waals surface area contributed by atoms with Crippen molar-refractivity contribution in [3.05, 3.63) is 35.4 Å². The van der Waals surface area contributed by atoms with E-state index in [1.165, 1.54) is 43.2 Å². The second kappa shape index (κ2) is 7.28. The molecule has 0 radical (unpaired) electrons. The van der Waals surface area contributed by atoms with E-state index in [1.807, 2.05) is 0 Å². The Bertz CT molecular complexity index is 506.